The van der Waals surface area contributed by atoms with E-state index < -0.39 is 14.3 Å². The summed E-state index contributed by atoms with van der Waals surface area (Å²) in [5.74, 6) is 0. The van der Waals surface area contributed by atoms with Gasteiger partial charge in [-0.1, -0.05) is 0 Å². The molecule has 0 bridgehead atoms. The first kappa shape index (κ1) is 9.63. The average Bonchev–Trinajstić information content (AvgIpc) is 1.90. The highest BCUT2D eigenvalue weighted by molar-refractivity contribution is 6.49. The van der Waals surface area contributed by atoms with Crippen molar-refractivity contribution in [2.75, 3.05) is 14.2 Å². The fourth-order valence-electron chi connectivity index (χ4n) is 0.639. The zero-order valence-corrected chi connectivity index (χ0v) is 7.76. The summed E-state index contributed by atoms with van der Waals surface area (Å²) in [4.78, 5) is 0. The third-order valence-corrected chi connectivity index (χ3v) is 3.03. The predicted molar refractivity (Wildman–Crippen MR) is 39.4 cm³/mol. The maximum Gasteiger partial charge on any atom is 0.405 e. The highest BCUT2D eigenvalue weighted by Gasteiger charge is 2.34. The Morgan fingerprint density at radius 1 is 1.30 bits per heavy atom. The Labute approximate surface area is 63.4 Å². The van der Waals surface area contributed by atoms with Crippen LogP contribution in [-0.2, 0) is 8.85 Å². The van der Waals surface area contributed by atoms with E-state index in [0.29, 0.717) is 0 Å². The molecular formula is C6H12NO2Si. The second kappa shape index (κ2) is 3.71. The van der Waals surface area contributed by atoms with Gasteiger partial charge in [-0.2, -0.15) is 5.26 Å². The van der Waals surface area contributed by atoms with E-state index in [4.69, 9.17) is 14.1 Å². The van der Waals surface area contributed by atoms with Gasteiger partial charge in [0.1, 0.15) is 0 Å². The first-order chi connectivity index (χ1) is 4.58. The number of rotatable bonds is 3. The van der Waals surface area contributed by atoms with Crippen LogP contribution in [0.25, 0.3) is 0 Å². The van der Waals surface area contributed by atoms with Crippen molar-refractivity contribution in [2.24, 2.45) is 0 Å². The molecule has 0 aliphatic carbocycles. The second-order valence-corrected chi connectivity index (χ2v) is 5.07. The lowest BCUT2D eigenvalue weighted by molar-refractivity contribution is 0.259. The van der Waals surface area contributed by atoms with Gasteiger partial charge in [-0.15, -0.1) is 0 Å². The normalized spacial score (nSPS) is 11.6. The molecule has 0 aromatic rings. The van der Waals surface area contributed by atoms with Gasteiger partial charge in [-0.3, -0.25) is 0 Å². The van der Waals surface area contributed by atoms with Crippen LogP contribution in [-0.4, -0.2) is 23.5 Å². The van der Waals surface area contributed by atoms with Crippen LogP contribution in [0, 0.1) is 11.3 Å². The summed E-state index contributed by atoms with van der Waals surface area (Å²) >= 11 is 0. The number of hydrogen-bond acceptors (Lipinski definition) is 3. The molecule has 3 nitrogen and oxygen atoms in total. The van der Waals surface area contributed by atoms with Gasteiger partial charge < -0.3 is 8.85 Å². The maximum absolute atomic E-state index is 8.64. The summed E-state index contributed by atoms with van der Waals surface area (Å²) in [5, 5.41) is 8.16. The van der Waals surface area contributed by atoms with Crippen LogP contribution >= 0.6 is 0 Å². The fourth-order valence-corrected chi connectivity index (χ4v) is 1.92. The van der Waals surface area contributed by atoms with Crippen molar-refractivity contribution in [3.05, 3.63) is 0 Å². The van der Waals surface area contributed by atoms with E-state index in [1.54, 1.807) is 14.2 Å². The molecule has 0 aliphatic heterocycles. The summed E-state index contributed by atoms with van der Waals surface area (Å²) in [6.45, 7) is 3.63. The van der Waals surface area contributed by atoms with Gasteiger partial charge >= 0.3 is 9.28 Å². The van der Waals surface area contributed by atoms with Crippen LogP contribution in [0.4, 0.5) is 0 Å². The van der Waals surface area contributed by atoms with Gasteiger partial charge in [0, 0.05) is 14.2 Å². The monoisotopic (exact) mass is 158 g/mol. The van der Waals surface area contributed by atoms with Crippen molar-refractivity contribution in [1.29, 1.82) is 5.26 Å². The highest BCUT2D eigenvalue weighted by atomic mass is 28.3. The van der Waals surface area contributed by atoms with Crippen molar-refractivity contribution in [2.45, 2.75) is 18.9 Å². The largest absolute Gasteiger partial charge is 0.405 e. The molecule has 0 aromatic carbocycles. The molecule has 0 spiro atoms. The Morgan fingerprint density at radius 2 is 1.70 bits per heavy atom. The topological polar surface area (TPSA) is 42.2 Å². The average molecular weight is 158 g/mol. The summed E-state index contributed by atoms with van der Waals surface area (Å²) in [7, 11) is 1.72. The van der Waals surface area contributed by atoms with Crippen molar-refractivity contribution in [3.63, 3.8) is 0 Å². The van der Waals surface area contributed by atoms with Crippen LogP contribution in [0.1, 0.15) is 13.8 Å². The summed E-state index contributed by atoms with van der Waals surface area (Å²) in [5.41, 5.74) is 0. The Morgan fingerprint density at radius 3 is 1.80 bits per heavy atom. The summed E-state index contributed by atoms with van der Waals surface area (Å²) < 4.78 is 10.0. The lowest BCUT2D eigenvalue weighted by Crippen LogP contribution is -2.31. The molecule has 0 fully saturated rings. The molecule has 0 saturated carbocycles. The van der Waals surface area contributed by atoms with Crippen LogP contribution < -0.4 is 0 Å². The minimum absolute atomic E-state index is 0.478. The molecule has 0 saturated heterocycles. The van der Waals surface area contributed by atoms with Gasteiger partial charge in [-0.25, -0.2) is 0 Å². The smallest absolute Gasteiger partial charge is 0.396 e. The molecule has 0 rings (SSSR count). The predicted octanol–water partition coefficient (Wildman–Crippen LogP) is 1.07. The maximum atomic E-state index is 8.64. The zero-order chi connectivity index (χ0) is 8.20. The van der Waals surface area contributed by atoms with E-state index in [-0.39, 0.29) is 0 Å². The first-order valence-corrected chi connectivity index (χ1v) is 4.26. The van der Waals surface area contributed by atoms with E-state index >= 15 is 0 Å². The summed E-state index contributed by atoms with van der Waals surface area (Å²) in [6.07, 6.45) is 0. The summed E-state index contributed by atoms with van der Waals surface area (Å²) in [6, 6.07) is 2.14. The molecule has 1 radical (unpaired) electrons. The van der Waals surface area contributed by atoms with Crippen molar-refractivity contribution in [3.8, 4) is 6.07 Å². The second-order valence-electron chi connectivity index (χ2n) is 2.43. The van der Waals surface area contributed by atoms with E-state index in [0.717, 1.165) is 0 Å². The Hall–Kier alpha value is -0.373. The Kier molecular flexibility index (Phi) is 3.57. The lowest BCUT2D eigenvalue weighted by Gasteiger charge is -2.20. The third-order valence-electron chi connectivity index (χ3n) is 1.16. The lowest BCUT2D eigenvalue weighted by atomic mass is 10.2. The zero-order valence-electron chi connectivity index (χ0n) is 6.76. The molecule has 0 heterocycles. The Bertz CT molecular complexity index is 137. The third kappa shape index (κ3) is 2.10. The molecule has 0 amide bonds. The van der Waals surface area contributed by atoms with E-state index in [9.17, 15) is 0 Å². The number of nitrogens with zero attached hydrogens (tertiary/aromatic N) is 1. The van der Waals surface area contributed by atoms with E-state index in [1.165, 1.54) is 0 Å². The number of hydrogen-bond donors (Lipinski definition) is 0. The SMILES string of the molecule is CO[Si](OC)C(C)(C)C#N. The van der Waals surface area contributed by atoms with Crippen LogP contribution in [0.15, 0.2) is 0 Å². The molecule has 0 atom stereocenters. The first-order valence-electron chi connectivity index (χ1n) is 2.95. The molecule has 57 valence electrons. The standard InChI is InChI=1S/C6H12NO2Si/c1-6(2,5-7)10(8-3)9-4/h1-4H3. The molecule has 0 aromatic heterocycles. The molecule has 10 heavy (non-hydrogen) atoms. The van der Waals surface area contributed by atoms with Gasteiger partial charge in [0.05, 0.1) is 11.1 Å². The van der Waals surface area contributed by atoms with Crippen molar-refractivity contribution in [1.82, 2.24) is 0 Å². The Balaban J connectivity index is 4.15. The number of nitriles is 1. The molecule has 0 unspecified atom stereocenters. The van der Waals surface area contributed by atoms with E-state index in [1.807, 2.05) is 13.8 Å². The van der Waals surface area contributed by atoms with Gasteiger partial charge in [0.15, 0.2) is 0 Å². The molecule has 0 aliphatic rings. The quantitative estimate of drug-likeness (QED) is 0.577. The molecular weight excluding hydrogens is 146 g/mol. The highest BCUT2D eigenvalue weighted by Crippen LogP contribution is 2.26. The van der Waals surface area contributed by atoms with Gasteiger partial charge in [0.25, 0.3) is 0 Å². The minimum Gasteiger partial charge on any atom is -0.396 e. The van der Waals surface area contributed by atoms with Crippen molar-refractivity contribution < 1.29 is 8.85 Å². The fraction of sp³-hybridized carbons (Fsp3) is 0.833. The minimum atomic E-state index is -1.41. The molecule has 0 N–H and O–H groups in total. The van der Waals surface area contributed by atoms with Crippen LogP contribution in [0.5, 0.6) is 0 Å². The van der Waals surface area contributed by atoms with Crippen LogP contribution in [0.2, 0.25) is 5.04 Å². The van der Waals surface area contributed by atoms with Crippen LogP contribution in [0.3, 0.4) is 0 Å². The van der Waals surface area contributed by atoms with Crippen molar-refractivity contribution >= 4 is 9.28 Å². The molecule has 4 heteroatoms. The van der Waals surface area contributed by atoms with Gasteiger partial charge in [-0.05, 0) is 13.8 Å². The van der Waals surface area contributed by atoms with E-state index in [2.05, 4.69) is 6.07 Å². The van der Waals surface area contributed by atoms with Gasteiger partial charge in [0.2, 0.25) is 0 Å².